The van der Waals surface area contributed by atoms with Gasteiger partial charge in [-0.05, 0) is 92.7 Å². The Morgan fingerprint density at radius 2 is 1.05 bits per heavy atom. The first kappa shape index (κ1) is 23.2. The van der Waals surface area contributed by atoms with E-state index in [9.17, 15) is 13.2 Å². The number of rotatable bonds is 3. The molecule has 0 saturated carbocycles. The molecule has 0 amide bonds. The summed E-state index contributed by atoms with van der Waals surface area (Å²) in [6.45, 7) is 0. The minimum Gasteiger partial charge on any atom is -0.438 e. The standard InChI is InChI=1S/C34H20F3NO/c35-34(36,37)29-14-11-23(12-15-29)26-10-8-24-7-9-25(18-28(24)19-26)21-3-5-22(6-4-21)27-13-16-32-31(20-27)30-2-1-17-38-33(30)39-32/h1-20H. The Balaban J connectivity index is 1.20. The largest absolute Gasteiger partial charge is 0.438 e. The van der Waals surface area contributed by atoms with Gasteiger partial charge in [0, 0.05) is 17.0 Å². The molecule has 188 valence electrons. The highest BCUT2D eigenvalue weighted by Gasteiger charge is 2.30. The Morgan fingerprint density at radius 3 is 1.67 bits per heavy atom. The van der Waals surface area contributed by atoms with Crippen LogP contribution in [0.4, 0.5) is 13.2 Å². The van der Waals surface area contributed by atoms with Crippen LogP contribution in [0.3, 0.4) is 0 Å². The number of furan rings is 1. The van der Waals surface area contributed by atoms with Gasteiger partial charge in [0.15, 0.2) is 0 Å². The zero-order chi connectivity index (χ0) is 26.6. The maximum Gasteiger partial charge on any atom is 0.416 e. The Hall–Kier alpha value is -4.90. The summed E-state index contributed by atoms with van der Waals surface area (Å²) in [5, 5.41) is 4.14. The number of benzene rings is 5. The van der Waals surface area contributed by atoms with Gasteiger partial charge in [-0.25, -0.2) is 4.98 Å². The minimum atomic E-state index is -4.34. The van der Waals surface area contributed by atoms with Gasteiger partial charge >= 0.3 is 6.18 Å². The average molecular weight is 516 g/mol. The molecule has 2 aromatic heterocycles. The second-order valence-electron chi connectivity index (χ2n) is 9.60. The molecule has 0 aliphatic carbocycles. The Bertz CT molecular complexity index is 1990. The molecule has 0 fully saturated rings. The second-order valence-corrected chi connectivity index (χ2v) is 9.60. The molecule has 2 heterocycles. The van der Waals surface area contributed by atoms with E-state index in [1.54, 1.807) is 6.20 Å². The number of hydrogen-bond acceptors (Lipinski definition) is 2. The van der Waals surface area contributed by atoms with Crippen molar-refractivity contribution in [1.82, 2.24) is 4.98 Å². The lowest BCUT2D eigenvalue weighted by Crippen LogP contribution is -2.03. The van der Waals surface area contributed by atoms with Crippen molar-refractivity contribution in [2.24, 2.45) is 0 Å². The quantitative estimate of drug-likeness (QED) is 0.234. The van der Waals surface area contributed by atoms with E-state index >= 15 is 0 Å². The van der Waals surface area contributed by atoms with E-state index in [1.807, 2.05) is 36.4 Å². The van der Waals surface area contributed by atoms with Crippen molar-refractivity contribution in [2.45, 2.75) is 6.18 Å². The topological polar surface area (TPSA) is 26.0 Å². The summed E-state index contributed by atoms with van der Waals surface area (Å²) in [5.74, 6) is 0. The third-order valence-corrected chi connectivity index (χ3v) is 7.18. The molecule has 7 aromatic rings. The smallest absolute Gasteiger partial charge is 0.416 e. The van der Waals surface area contributed by atoms with Gasteiger partial charge in [-0.1, -0.05) is 66.7 Å². The molecule has 0 radical (unpaired) electrons. The average Bonchev–Trinajstić information content (AvgIpc) is 3.34. The molecule has 7 rings (SSSR count). The van der Waals surface area contributed by atoms with Gasteiger partial charge in [0.05, 0.1) is 5.56 Å². The first-order valence-corrected chi connectivity index (χ1v) is 12.5. The van der Waals surface area contributed by atoms with Crippen molar-refractivity contribution in [3.63, 3.8) is 0 Å². The molecule has 39 heavy (non-hydrogen) atoms. The number of hydrogen-bond donors (Lipinski definition) is 0. The third-order valence-electron chi connectivity index (χ3n) is 7.18. The maximum absolute atomic E-state index is 13.0. The van der Waals surface area contributed by atoms with Gasteiger partial charge in [0.1, 0.15) is 5.58 Å². The van der Waals surface area contributed by atoms with E-state index < -0.39 is 11.7 Å². The van der Waals surface area contributed by atoms with Gasteiger partial charge in [0.2, 0.25) is 5.71 Å². The van der Waals surface area contributed by atoms with Crippen LogP contribution in [0.2, 0.25) is 0 Å². The number of fused-ring (bicyclic) bond motifs is 4. The minimum absolute atomic E-state index is 0.637. The maximum atomic E-state index is 13.0. The molecule has 5 aromatic carbocycles. The van der Waals surface area contributed by atoms with E-state index in [1.165, 1.54) is 12.1 Å². The first-order chi connectivity index (χ1) is 18.9. The van der Waals surface area contributed by atoms with E-state index in [0.29, 0.717) is 5.71 Å². The summed E-state index contributed by atoms with van der Waals surface area (Å²) in [6.07, 6.45) is -2.61. The van der Waals surface area contributed by atoms with Crippen molar-refractivity contribution < 1.29 is 17.6 Å². The van der Waals surface area contributed by atoms with Crippen LogP contribution in [0.15, 0.2) is 126 Å². The van der Waals surface area contributed by atoms with Crippen molar-refractivity contribution in [3.05, 3.63) is 127 Å². The fraction of sp³-hybridized carbons (Fsp3) is 0.0294. The van der Waals surface area contributed by atoms with Crippen molar-refractivity contribution in [3.8, 4) is 33.4 Å². The van der Waals surface area contributed by atoms with Crippen LogP contribution < -0.4 is 0 Å². The number of nitrogens with zero attached hydrogens (tertiary/aromatic N) is 1. The molecule has 0 spiro atoms. The van der Waals surface area contributed by atoms with E-state index in [4.69, 9.17) is 4.42 Å². The lowest BCUT2D eigenvalue weighted by Gasteiger charge is -2.10. The Labute approximate surface area is 222 Å². The van der Waals surface area contributed by atoms with Crippen molar-refractivity contribution in [1.29, 1.82) is 0 Å². The highest BCUT2D eigenvalue weighted by molar-refractivity contribution is 6.05. The van der Waals surface area contributed by atoms with Crippen molar-refractivity contribution in [2.75, 3.05) is 0 Å². The number of alkyl halides is 3. The summed E-state index contributed by atoms with van der Waals surface area (Å²) < 4.78 is 44.7. The Morgan fingerprint density at radius 1 is 0.513 bits per heavy atom. The van der Waals surface area contributed by atoms with Gasteiger partial charge in [-0.3, -0.25) is 0 Å². The Kier molecular flexibility index (Phi) is 5.27. The lowest BCUT2D eigenvalue weighted by atomic mass is 9.96. The molecule has 0 atom stereocenters. The van der Waals surface area contributed by atoms with Gasteiger partial charge < -0.3 is 4.42 Å². The number of halogens is 3. The molecular formula is C34H20F3NO. The highest BCUT2D eigenvalue weighted by Crippen LogP contribution is 2.34. The zero-order valence-corrected chi connectivity index (χ0v) is 20.5. The first-order valence-electron chi connectivity index (χ1n) is 12.5. The highest BCUT2D eigenvalue weighted by atomic mass is 19.4. The molecular weight excluding hydrogens is 495 g/mol. The van der Waals surface area contributed by atoms with Crippen LogP contribution in [0, 0.1) is 0 Å². The van der Waals surface area contributed by atoms with E-state index in [0.717, 1.165) is 72.6 Å². The fourth-order valence-electron chi connectivity index (χ4n) is 5.10. The summed E-state index contributed by atoms with van der Waals surface area (Å²) in [4.78, 5) is 4.31. The lowest BCUT2D eigenvalue weighted by molar-refractivity contribution is -0.137. The molecule has 0 aliphatic heterocycles. The second kappa shape index (κ2) is 8.84. The van der Waals surface area contributed by atoms with Gasteiger partial charge in [0.25, 0.3) is 0 Å². The predicted molar refractivity (Wildman–Crippen MR) is 150 cm³/mol. The molecule has 2 nitrogen and oxygen atoms in total. The fourth-order valence-corrected chi connectivity index (χ4v) is 5.10. The molecule has 5 heteroatoms. The monoisotopic (exact) mass is 515 g/mol. The summed E-state index contributed by atoms with van der Waals surface area (Å²) in [5.41, 5.74) is 6.78. The predicted octanol–water partition coefficient (Wildman–Crippen LogP) is 10.2. The van der Waals surface area contributed by atoms with Gasteiger partial charge in [-0.2, -0.15) is 13.2 Å². The molecule has 0 unspecified atom stereocenters. The van der Waals surface area contributed by atoms with Crippen LogP contribution in [-0.4, -0.2) is 4.98 Å². The van der Waals surface area contributed by atoms with Crippen molar-refractivity contribution >= 4 is 32.8 Å². The van der Waals surface area contributed by atoms with Gasteiger partial charge in [-0.15, -0.1) is 0 Å². The summed E-state index contributed by atoms with van der Waals surface area (Å²) >= 11 is 0. The third kappa shape index (κ3) is 4.22. The number of aromatic nitrogens is 1. The van der Waals surface area contributed by atoms with E-state index in [-0.39, 0.29) is 0 Å². The molecule has 0 saturated heterocycles. The normalized spacial score (nSPS) is 12.0. The molecule has 0 aliphatic rings. The van der Waals surface area contributed by atoms with Crippen LogP contribution in [0.1, 0.15) is 5.56 Å². The van der Waals surface area contributed by atoms with Crippen LogP contribution >= 0.6 is 0 Å². The zero-order valence-electron chi connectivity index (χ0n) is 20.5. The molecule has 0 N–H and O–H groups in total. The van der Waals surface area contributed by atoms with Crippen LogP contribution in [0.25, 0.3) is 66.2 Å². The molecule has 0 bridgehead atoms. The van der Waals surface area contributed by atoms with E-state index in [2.05, 4.69) is 59.6 Å². The SMILES string of the molecule is FC(F)(F)c1ccc(-c2ccc3ccc(-c4ccc(-c5ccc6oc7ncccc7c6c5)cc4)cc3c2)cc1. The summed E-state index contributed by atoms with van der Waals surface area (Å²) in [7, 11) is 0. The number of pyridine rings is 1. The summed E-state index contributed by atoms with van der Waals surface area (Å²) in [6, 6.07) is 36.1. The van der Waals surface area contributed by atoms with Crippen LogP contribution in [0.5, 0.6) is 0 Å². The van der Waals surface area contributed by atoms with Crippen LogP contribution in [-0.2, 0) is 6.18 Å².